The van der Waals surface area contributed by atoms with Gasteiger partial charge in [-0.1, -0.05) is 34.6 Å². The molecule has 0 fully saturated rings. The molecule has 2 rings (SSSR count). The van der Waals surface area contributed by atoms with Crippen LogP contribution in [-0.2, 0) is 27.3 Å². The van der Waals surface area contributed by atoms with Gasteiger partial charge in [0.05, 0.1) is 11.3 Å². The molecule has 5 nitrogen and oxygen atoms in total. The lowest BCUT2D eigenvalue weighted by Gasteiger charge is -2.12. The van der Waals surface area contributed by atoms with Gasteiger partial charge in [-0.05, 0) is 37.1 Å². The quantitative estimate of drug-likeness (QED) is 0.289. The summed E-state index contributed by atoms with van der Waals surface area (Å²) in [6.07, 6.45) is -4.28. The highest BCUT2D eigenvalue weighted by molar-refractivity contribution is 6.36. The van der Waals surface area contributed by atoms with Crippen molar-refractivity contribution < 1.29 is 32.0 Å². The smallest absolute Gasteiger partial charge is 0.399 e. The zero-order valence-electron chi connectivity index (χ0n) is 15.9. The topological polar surface area (TPSA) is 60.2 Å². The van der Waals surface area contributed by atoms with Gasteiger partial charge >= 0.3 is 6.18 Å². The van der Waals surface area contributed by atoms with Crippen molar-refractivity contribution in [3.63, 3.8) is 0 Å². The summed E-state index contributed by atoms with van der Waals surface area (Å²) < 4.78 is 52.0. The predicted molar refractivity (Wildman–Crippen MR) is 99.2 cm³/mol. The number of hydrogen-bond acceptors (Lipinski definition) is 5. The third kappa shape index (κ3) is 5.40. The van der Waals surface area contributed by atoms with Crippen LogP contribution < -0.4 is 0 Å². The van der Waals surface area contributed by atoms with Crippen LogP contribution in [0.1, 0.15) is 34.7 Å². The highest BCUT2D eigenvalue weighted by Crippen LogP contribution is 2.32. The second-order valence-corrected chi connectivity index (χ2v) is 6.02. The lowest BCUT2D eigenvalue weighted by Crippen LogP contribution is -2.10. The van der Waals surface area contributed by atoms with E-state index >= 15 is 0 Å². The van der Waals surface area contributed by atoms with Gasteiger partial charge in [0.2, 0.25) is 0 Å². The van der Waals surface area contributed by atoms with Gasteiger partial charge in [-0.25, -0.2) is 4.39 Å². The molecule has 0 radical (unpaired) electrons. The fourth-order valence-corrected chi connectivity index (χ4v) is 2.58. The van der Waals surface area contributed by atoms with E-state index in [9.17, 15) is 22.4 Å². The number of rotatable bonds is 7. The molecular weight excluding hydrogens is 392 g/mol. The maximum absolute atomic E-state index is 13.4. The summed E-state index contributed by atoms with van der Waals surface area (Å²) in [6.45, 7) is 3.17. The standard InChI is InChI=1S/C20H18F4N2O3/c1-12-5-4-6-15(19(10-27)26-28-3)16(12)11-29-25-13(2)14-7-8-18(21)17(9-14)20(22,23)24/h4-10H,11H2,1-3H3/b25-13+,26-19-. The first-order valence-electron chi connectivity index (χ1n) is 8.38. The van der Waals surface area contributed by atoms with Gasteiger partial charge in [0.1, 0.15) is 25.2 Å². The highest BCUT2D eigenvalue weighted by atomic mass is 19.4. The second kappa shape index (κ2) is 9.31. The number of alkyl halides is 3. The molecule has 154 valence electrons. The monoisotopic (exact) mass is 410 g/mol. The first-order chi connectivity index (χ1) is 13.7. The Bertz CT molecular complexity index is 953. The molecule has 9 heteroatoms. The van der Waals surface area contributed by atoms with Crippen molar-refractivity contribution in [2.24, 2.45) is 10.3 Å². The minimum absolute atomic E-state index is 0.0591. The van der Waals surface area contributed by atoms with Crippen LogP contribution in [0.3, 0.4) is 0 Å². The fraction of sp³-hybridized carbons (Fsp3) is 0.250. The number of aryl methyl sites for hydroxylation is 1. The number of carbonyl (C=O) groups is 1. The van der Waals surface area contributed by atoms with Crippen LogP contribution in [0, 0.1) is 12.7 Å². The summed E-state index contributed by atoms with van der Waals surface area (Å²) >= 11 is 0. The summed E-state index contributed by atoms with van der Waals surface area (Å²) in [6, 6.07) is 7.77. The van der Waals surface area contributed by atoms with Crippen LogP contribution in [0.25, 0.3) is 0 Å². The first-order valence-corrected chi connectivity index (χ1v) is 8.38. The zero-order valence-corrected chi connectivity index (χ0v) is 15.9. The summed E-state index contributed by atoms with van der Waals surface area (Å²) in [5.74, 6) is -1.36. The van der Waals surface area contributed by atoms with Crippen molar-refractivity contribution in [3.05, 3.63) is 70.0 Å². The molecule has 0 aliphatic rings. The van der Waals surface area contributed by atoms with Crippen molar-refractivity contribution >= 4 is 17.7 Å². The van der Waals surface area contributed by atoms with Crippen LogP contribution in [0.4, 0.5) is 17.6 Å². The Morgan fingerprint density at radius 1 is 1.17 bits per heavy atom. The van der Waals surface area contributed by atoms with E-state index < -0.39 is 17.6 Å². The van der Waals surface area contributed by atoms with E-state index in [2.05, 4.69) is 15.1 Å². The Morgan fingerprint density at radius 3 is 2.52 bits per heavy atom. The molecule has 0 N–H and O–H groups in total. The normalized spacial score (nSPS) is 12.7. The van der Waals surface area contributed by atoms with Gasteiger partial charge in [-0.2, -0.15) is 13.2 Å². The van der Waals surface area contributed by atoms with E-state index in [4.69, 9.17) is 4.84 Å². The van der Waals surface area contributed by atoms with Gasteiger partial charge in [0, 0.05) is 11.1 Å². The van der Waals surface area contributed by atoms with Crippen LogP contribution >= 0.6 is 0 Å². The number of nitrogens with zero attached hydrogens (tertiary/aromatic N) is 2. The van der Waals surface area contributed by atoms with Crippen LogP contribution in [0.5, 0.6) is 0 Å². The van der Waals surface area contributed by atoms with E-state index in [1.165, 1.54) is 20.1 Å². The number of benzene rings is 2. The molecule has 0 saturated heterocycles. The Morgan fingerprint density at radius 2 is 1.90 bits per heavy atom. The molecule has 0 heterocycles. The Labute approximate surface area is 164 Å². The van der Waals surface area contributed by atoms with Crippen molar-refractivity contribution in [3.8, 4) is 0 Å². The average Bonchev–Trinajstić information content (AvgIpc) is 2.66. The number of oxime groups is 2. The lowest BCUT2D eigenvalue weighted by atomic mass is 9.99. The van der Waals surface area contributed by atoms with Gasteiger partial charge < -0.3 is 9.68 Å². The summed E-state index contributed by atoms with van der Waals surface area (Å²) in [5.41, 5.74) is 0.770. The number of halogens is 4. The molecule has 29 heavy (non-hydrogen) atoms. The Balaban J connectivity index is 2.27. The molecule has 0 atom stereocenters. The highest BCUT2D eigenvalue weighted by Gasteiger charge is 2.34. The third-order valence-electron chi connectivity index (χ3n) is 4.09. The average molecular weight is 410 g/mol. The van der Waals surface area contributed by atoms with Crippen LogP contribution in [0.2, 0.25) is 0 Å². The molecule has 2 aromatic carbocycles. The maximum atomic E-state index is 13.4. The Kier molecular flexibility index (Phi) is 7.08. The van der Waals surface area contributed by atoms with Crippen LogP contribution in [0.15, 0.2) is 46.7 Å². The van der Waals surface area contributed by atoms with Crippen molar-refractivity contribution in [1.29, 1.82) is 0 Å². The van der Waals surface area contributed by atoms with Crippen molar-refractivity contribution in [2.45, 2.75) is 26.6 Å². The third-order valence-corrected chi connectivity index (χ3v) is 4.09. The molecule has 2 aromatic rings. The van der Waals surface area contributed by atoms with E-state index in [0.717, 1.165) is 11.6 Å². The number of hydrogen-bond donors (Lipinski definition) is 0. The molecule has 0 aromatic heterocycles. The molecule has 0 aliphatic heterocycles. The van der Waals surface area contributed by atoms with Gasteiger partial charge in [-0.15, -0.1) is 0 Å². The van der Waals surface area contributed by atoms with E-state index in [1.807, 2.05) is 0 Å². The van der Waals surface area contributed by atoms with Crippen molar-refractivity contribution in [2.75, 3.05) is 7.11 Å². The molecule has 0 saturated carbocycles. The number of carbonyl (C=O) groups excluding carboxylic acids is 1. The predicted octanol–water partition coefficient (Wildman–Crippen LogP) is 4.64. The molecule has 0 unspecified atom stereocenters. The minimum atomic E-state index is -4.82. The van der Waals surface area contributed by atoms with E-state index in [1.54, 1.807) is 25.1 Å². The van der Waals surface area contributed by atoms with Gasteiger partial charge in [0.25, 0.3) is 0 Å². The minimum Gasteiger partial charge on any atom is -0.399 e. The lowest BCUT2D eigenvalue weighted by molar-refractivity contribution is -0.140. The largest absolute Gasteiger partial charge is 0.419 e. The maximum Gasteiger partial charge on any atom is 0.419 e. The molecule has 0 bridgehead atoms. The summed E-state index contributed by atoms with van der Waals surface area (Å²) in [5, 5.41) is 7.48. The molecule has 0 spiro atoms. The molecular formula is C20H18F4N2O3. The van der Waals surface area contributed by atoms with Gasteiger partial charge in [-0.3, -0.25) is 4.79 Å². The second-order valence-electron chi connectivity index (χ2n) is 6.02. The Hall–Kier alpha value is -3.23. The van der Waals surface area contributed by atoms with E-state index in [0.29, 0.717) is 23.5 Å². The number of aldehydes is 1. The van der Waals surface area contributed by atoms with Gasteiger partial charge in [0.15, 0.2) is 6.29 Å². The van der Waals surface area contributed by atoms with Crippen LogP contribution in [-0.4, -0.2) is 24.8 Å². The summed E-state index contributed by atoms with van der Waals surface area (Å²) in [4.78, 5) is 21.2. The molecule has 0 amide bonds. The first kappa shape index (κ1) is 22.1. The van der Waals surface area contributed by atoms with E-state index in [-0.39, 0.29) is 23.6 Å². The molecule has 0 aliphatic carbocycles. The fourth-order valence-electron chi connectivity index (χ4n) is 2.58. The SMILES string of the molecule is CO/N=C(/C=O)c1cccc(C)c1CO/N=C(\C)c1ccc(F)c(C(F)(F)F)c1. The zero-order chi connectivity index (χ0) is 21.6. The van der Waals surface area contributed by atoms with Crippen molar-refractivity contribution in [1.82, 2.24) is 0 Å². The summed E-state index contributed by atoms with van der Waals surface area (Å²) in [7, 11) is 1.31.